The van der Waals surface area contributed by atoms with Gasteiger partial charge in [0.1, 0.15) is 5.75 Å². The van der Waals surface area contributed by atoms with Gasteiger partial charge < -0.3 is 10.1 Å². The highest BCUT2D eigenvalue weighted by Gasteiger charge is 2.17. The van der Waals surface area contributed by atoms with Crippen LogP contribution in [0.4, 0.5) is 0 Å². The van der Waals surface area contributed by atoms with E-state index in [-0.39, 0.29) is 12.5 Å². The third kappa shape index (κ3) is 3.64. The topological polar surface area (TPSA) is 38.3 Å². The summed E-state index contributed by atoms with van der Waals surface area (Å²) in [5, 5.41) is 3.60. The Bertz CT molecular complexity index is 428. The van der Waals surface area contributed by atoms with Crippen LogP contribution in [0.2, 0.25) is 5.02 Å². The highest BCUT2D eigenvalue weighted by atomic mass is 35.5. The van der Waals surface area contributed by atoms with Crippen molar-refractivity contribution in [3.05, 3.63) is 28.8 Å². The third-order valence-electron chi connectivity index (χ3n) is 3.23. The van der Waals surface area contributed by atoms with Gasteiger partial charge in [-0.15, -0.1) is 0 Å². The van der Waals surface area contributed by atoms with Gasteiger partial charge in [0.05, 0.1) is 0 Å². The van der Waals surface area contributed by atoms with Crippen molar-refractivity contribution >= 4 is 17.5 Å². The summed E-state index contributed by atoms with van der Waals surface area (Å²) in [7, 11) is 0. The van der Waals surface area contributed by atoms with Crippen LogP contribution in [0, 0.1) is 6.92 Å². The van der Waals surface area contributed by atoms with Crippen LogP contribution in [-0.4, -0.2) is 18.6 Å². The van der Waals surface area contributed by atoms with Crippen molar-refractivity contribution in [2.75, 3.05) is 6.61 Å². The standard InChI is InChI=1S/C14H18ClNO2/c1-10-6-7-11(15)8-13(10)18-9-14(17)16-12-4-2-3-5-12/h6-8,12H,2-5,9H2,1H3,(H,16,17). The minimum Gasteiger partial charge on any atom is -0.483 e. The molecule has 1 N–H and O–H groups in total. The summed E-state index contributed by atoms with van der Waals surface area (Å²) in [6, 6.07) is 5.76. The van der Waals surface area contributed by atoms with Gasteiger partial charge >= 0.3 is 0 Å². The first-order valence-electron chi connectivity index (χ1n) is 6.33. The second kappa shape index (κ2) is 6.10. The number of benzene rings is 1. The molecule has 0 aromatic heterocycles. The Kier molecular flexibility index (Phi) is 4.48. The quantitative estimate of drug-likeness (QED) is 0.910. The molecule has 1 amide bonds. The number of ether oxygens (including phenoxy) is 1. The van der Waals surface area contributed by atoms with Crippen molar-refractivity contribution in [3.63, 3.8) is 0 Å². The van der Waals surface area contributed by atoms with E-state index in [1.807, 2.05) is 19.1 Å². The van der Waals surface area contributed by atoms with Crippen molar-refractivity contribution in [2.45, 2.75) is 38.6 Å². The van der Waals surface area contributed by atoms with Crippen LogP contribution >= 0.6 is 11.6 Å². The Morgan fingerprint density at radius 1 is 1.44 bits per heavy atom. The smallest absolute Gasteiger partial charge is 0.258 e. The second-order valence-corrected chi connectivity index (χ2v) is 5.18. The number of aryl methyl sites for hydroxylation is 1. The van der Waals surface area contributed by atoms with Gasteiger partial charge in [-0.3, -0.25) is 4.79 Å². The molecule has 0 saturated heterocycles. The average Bonchev–Trinajstić information content (AvgIpc) is 2.83. The van der Waals surface area contributed by atoms with Crippen LogP contribution in [0.25, 0.3) is 0 Å². The Morgan fingerprint density at radius 3 is 2.89 bits per heavy atom. The van der Waals surface area contributed by atoms with Crippen LogP contribution in [0.15, 0.2) is 18.2 Å². The summed E-state index contributed by atoms with van der Waals surface area (Å²) in [6.07, 6.45) is 4.59. The summed E-state index contributed by atoms with van der Waals surface area (Å²) in [5.74, 6) is 0.616. The number of hydrogen-bond acceptors (Lipinski definition) is 2. The molecule has 0 bridgehead atoms. The van der Waals surface area contributed by atoms with Gasteiger partial charge in [-0.25, -0.2) is 0 Å². The predicted octanol–water partition coefficient (Wildman–Crippen LogP) is 3.09. The highest BCUT2D eigenvalue weighted by Crippen LogP contribution is 2.22. The number of nitrogens with one attached hydrogen (secondary N) is 1. The van der Waals surface area contributed by atoms with Gasteiger partial charge in [-0.05, 0) is 37.5 Å². The normalized spacial score (nSPS) is 15.7. The molecule has 1 aromatic rings. The van der Waals surface area contributed by atoms with Gasteiger partial charge in [-0.2, -0.15) is 0 Å². The largest absolute Gasteiger partial charge is 0.483 e. The Balaban J connectivity index is 1.83. The lowest BCUT2D eigenvalue weighted by molar-refractivity contribution is -0.123. The zero-order valence-electron chi connectivity index (χ0n) is 10.5. The van der Waals surface area contributed by atoms with E-state index in [1.54, 1.807) is 6.07 Å². The van der Waals surface area contributed by atoms with E-state index in [1.165, 1.54) is 12.8 Å². The lowest BCUT2D eigenvalue weighted by Gasteiger charge is -2.13. The number of hydrogen-bond donors (Lipinski definition) is 1. The number of carbonyl (C=O) groups excluding carboxylic acids is 1. The third-order valence-corrected chi connectivity index (χ3v) is 3.46. The first-order valence-corrected chi connectivity index (χ1v) is 6.71. The molecule has 1 aliphatic rings. The highest BCUT2D eigenvalue weighted by molar-refractivity contribution is 6.30. The van der Waals surface area contributed by atoms with E-state index in [4.69, 9.17) is 16.3 Å². The molecular formula is C14H18ClNO2. The van der Waals surface area contributed by atoms with Gasteiger partial charge in [0, 0.05) is 11.1 Å². The summed E-state index contributed by atoms with van der Waals surface area (Å²) < 4.78 is 5.49. The zero-order valence-corrected chi connectivity index (χ0v) is 11.3. The summed E-state index contributed by atoms with van der Waals surface area (Å²) in [5.41, 5.74) is 0.980. The fraction of sp³-hybridized carbons (Fsp3) is 0.500. The maximum Gasteiger partial charge on any atom is 0.258 e. The zero-order chi connectivity index (χ0) is 13.0. The molecule has 0 spiro atoms. The molecule has 1 aromatic carbocycles. The Hall–Kier alpha value is -1.22. The van der Waals surface area contributed by atoms with E-state index in [9.17, 15) is 4.79 Å². The van der Waals surface area contributed by atoms with Crippen LogP contribution in [0.3, 0.4) is 0 Å². The van der Waals surface area contributed by atoms with E-state index in [2.05, 4.69) is 5.32 Å². The molecule has 0 atom stereocenters. The van der Waals surface area contributed by atoms with Gasteiger partial charge in [0.25, 0.3) is 5.91 Å². The summed E-state index contributed by atoms with van der Waals surface area (Å²) in [6.45, 7) is 1.98. The molecule has 3 nitrogen and oxygen atoms in total. The number of rotatable bonds is 4. The van der Waals surface area contributed by atoms with E-state index < -0.39 is 0 Å². The molecule has 18 heavy (non-hydrogen) atoms. The van der Waals surface area contributed by atoms with Crippen LogP contribution in [0.1, 0.15) is 31.2 Å². The summed E-state index contributed by atoms with van der Waals surface area (Å²) >= 11 is 5.89. The first kappa shape index (κ1) is 13.2. The monoisotopic (exact) mass is 267 g/mol. The van der Waals surface area contributed by atoms with E-state index in [0.717, 1.165) is 18.4 Å². The predicted molar refractivity (Wildman–Crippen MR) is 72.1 cm³/mol. The molecule has 2 rings (SSSR count). The van der Waals surface area contributed by atoms with Crippen molar-refractivity contribution in [3.8, 4) is 5.75 Å². The SMILES string of the molecule is Cc1ccc(Cl)cc1OCC(=O)NC1CCCC1. The fourth-order valence-corrected chi connectivity index (χ4v) is 2.37. The fourth-order valence-electron chi connectivity index (χ4n) is 2.21. The number of amides is 1. The van der Waals surface area contributed by atoms with E-state index >= 15 is 0 Å². The lowest BCUT2D eigenvalue weighted by Crippen LogP contribution is -2.36. The van der Waals surface area contributed by atoms with Gasteiger partial charge in [-0.1, -0.05) is 30.5 Å². The minimum atomic E-state index is -0.0544. The van der Waals surface area contributed by atoms with Crippen molar-refractivity contribution in [1.82, 2.24) is 5.32 Å². The molecule has 1 fully saturated rings. The molecule has 0 heterocycles. The maximum absolute atomic E-state index is 11.7. The van der Waals surface area contributed by atoms with Crippen molar-refractivity contribution in [2.24, 2.45) is 0 Å². The molecule has 98 valence electrons. The molecule has 0 aliphatic heterocycles. The molecule has 1 aliphatic carbocycles. The van der Waals surface area contributed by atoms with Crippen molar-refractivity contribution < 1.29 is 9.53 Å². The van der Waals surface area contributed by atoms with Crippen LogP contribution in [0.5, 0.6) is 5.75 Å². The van der Waals surface area contributed by atoms with Crippen LogP contribution in [-0.2, 0) is 4.79 Å². The Morgan fingerprint density at radius 2 is 2.17 bits per heavy atom. The lowest BCUT2D eigenvalue weighted by atomic mass is 10.2. The average molecular weight is 268 g/mol. The number of halogens is 1. The van der Waals surface area contributed by atoms with E-state index in [0.29, 0.717) is 16.8 Å². The van der Waals surface area contributed by atoms with Crippen LogP contribution < -0.4 is 10.1 Å². The Labute approximate surface area is 112 Å². The first-order chi connectivity index (χ1) is 8.65. The molecule has 4 heteroatoms. The summed E-state index contributed by atoms with van der Waals surface area (Å²) in [4.78, 5) is 11.7. The van der Waals surface area contributed by atoms with Gasteiger partial charge in [0.2, 0.25) is 0 Å². The molecule has 0 radical (unpaired) electrons. The minimum absolute atomic E-state index is 0.0533. The maximum atomic E-state index is 11.7. The van der Waals surface area contributed by atoms with Crippen molar-refractivity contribution in [1.29, 1.82) is 0 Å². The number of carbonyl (C=O) groups is 1. The molecule has 1 saturated carbocycles. The molecule has 0 unspecified atom stereocenters. The molecular weight excluding hydrogens is 250 g/mol. The second-order valence-electron chi connectivity index (χ2n) is 4.75. The van der Waals surface area contributed by atoms with Gasteiger partial charge in [0.15, 0.2) is 6.61 Å².